The second kappa shape index (κ2) is 10.7. The maximum atomic E-state index is 13.0. The molecule has 170 valence electrons. The summed E-state index contributed by atoms with van der Waals surface area (Å²) in [5, 5.41) is 0. The number of allylic oxidation sites excluding steroid dienone is 1. The molecule has 3 rings (SSSR count). The fraction of sp³-hybridized carbons (Fsp3) is 0.407. The van der Waals surface area contributed by atoms with Gasteiger partial charge in [0.25, 0.3) is 0 Å². The highest BCUT2D eigenvalue weighted by molar-refractivity contribution is 5.38. The molecule has 2 atom stereocenters. The van der Waals surface area contributed by atoms with Crippen LogP contribution in [0.5, 0.6) is 5.75 Å². The first-order chi connectivity index (χ1) is 15.3. The third-order valence-electron chi connectivity index (χ3n) is 6.06. The lowest BCUT2D eigenvalue weighted by molar-refractivity contribution is -0.236. The number of hydrogen-bond acceptors (Lipinski definition) is 1. The molecule has 0 aromatic heterocycles. The normalized spacial score (nSPS) is 20.5. The molecule has 2 unspecified atom stereocenters. The minimum absolute atomic E-state index is 0.123. The standard InChI is InChI=1S/C27H28F4O/c1-3-21(4-2)22-11-7-19(8-12-22)5-6-20-9-13-23(14-10-20)24-15-17-25(18-16-24)32-26(28)27(29,30)31/h3,7-8,11-12,15-18,20-21,23,26H,1,4,9-10,13-14H2,2H3. The van der Waals surface area contributed by atoms with Gasteiger partial charge in [0.1, 0.15) is 5.75 Å². The van der Waals surface area contributed by atoms with Crippen molar-refractivity contribution in [2.75, 3.05) is 0 Å². The van der Waals surface area contributed by atoms with Gasteiger partial charge in [-0.25, -0.2) is 0 Å². The Hall–Kier alpha value is -2.74. The van der Waals surface area contributed by atoms with Crippen molar-refractivity contribution < 1.29 is 22.3 Å². The summed E-state index contributed by atoms with van der Waals surface area (Å²) in [7, 11) is 0. The van der Waals surface area contributed by atoms with Crippen LogP contribution >= 0.6 is 0 Å². The number of ether oxygens (including phenoxy) is 1. The average molecular weight is 445 g/mol. The summed E-state index contributed by atoms with van der Waals surface area (Å²) >= 11 is 0. The number of benzene rings is 2. The Bertz CT molecular complexity index is 927. The zero-order valence-electron chi connectivity index (χ0n) is 18.2. The van der Waals surface area contributed by atoms with Crippen LogP contribution in [0.15, 0.2) is 61.2 Å². The van der Waals surface area contributed by atoms with Crippen molar-refractivity contribution in [3.05, 3.63) is 77.9 Å². The van der Waals surface area contributed by atoms with Crippen LogP contribution in [0.4, 0.5) is 17.6 Å². The minimum atomic E-state index is -5.02. The van der Waals surface area contributed by atoms with Crippen molar-refractivity contribution in [1.29, 1.82) is 0 Å². The Kier molecular flexibility index (Phi) is 8.01. The van der Waals surface area contributed by atoms with Gasteiger partial charge in [0, 0.05) is 17.4 Å². The fourth-order valence-electron chi connectivity index (χ4n) is 4.11. The van der Waals surface area contributed by atoms with Crippen molar-refractivity contribution in [2.24, 2.45) is 5.92 Å². The maximum absolute atomic E-state index is 13.0. The molecule has 0 radical (unpaired) electrons. The van der Waals surface area contributed by atoms with Crippen molar-refractivity contribution >= 4 is 0 Å². The summed E-state index contributed by atoms with van der Waals surface area (Å²) in [6.45, 7) is 6.03. The van der Waals surface area contributed by atoms with Crippen molar-refractivity contribution in [2.45, 2.75) is 63.4 Å². The zero-order valence-corrected chi connectivity index (χ0v) is 18.2. The Balaban J connectivity index is 1.52. The van der Waals surface area contributed by atoms with Crippen LogP contribution < -0.4 is 4.74 Å². The molecule has 0 aliphatic heterocycles. The monoisotopic (exact) mass is 444 g/mol. The summed E-state index contributed by atoms with van der Waals surface area (Å²) in [5.41, 5.74) is 3.30. The molecular weight excluding hydrogens is 416 g/mol. The van der Waals surface area contributed by atoms with Gasteiger partial charge >= 0.3 is 12.5 Å². The molecule has 0 bridgehead atoms. The van der Waals surface area contributed by atoms with E-state index in [0.717, 1.165) is 43.2 Å². The van der Waals surface area contributed by atoms with E-state index in [-0.39, 0.29) is 5.75 Å². The van der Waals surface area contributed by atoms with Gasteiger partial charge < -0.3 is 4.74 Å². The van der Waals surface area contributed by atoms with Gasteiger partial charge in [-0.05, 0) is 73.4 Å². The molecule has 0 spiro atoms. The molecule has 2 aromatic carbocycles. The molecule has 1 fully saturated rings. The molecule has 0 amide bonds. The van der Waals surface area contributed by atoms with E-state index in [0.29, 0.717) is 17.8 Å². The summed E-state index contributed by atoms with van der Waals surface area (Å²) in [4.78, 5) is 0. The lowest BCUT2D eigenvalue weighted by Crippen LogP contribution is -2.29. The Morgan fingerprint density at radius 3 is 2.19 bits per heavy atom. The topological polar surface area (TPSA) is 9.23 Å². The van der Waals surface area contributed by atoms with Crippen molar-refractivity contribution in [3.63, 3.8) is 0 Å². The number of halogens is 4. The van der Waals surface area contributed by atoms with Crippen LogP contribution in [0.2, 0.25) is 0 Å². The van der Waals surface area contributed by atoms with Gasteiger partial charge in [0.05, 0.1) is 0 Å². The molecular formula is C27H28F4O. The predicted octanol–water partition coefficient (Wildman–Crippen LogP) is 7.93. The molecule has 2 aromatic rings. The van der Waals surface area contributed by atoms with E-state index in [2.05, 4.69) is 54.3 Å². The molecule has 0 N–H and O–H groups in total. The SMILES string of the molecule is C=CC(CC)c1ccc(C#CC2CCC(c3ccc(OC(F)C(F)(F)F)cc3)CC2)cc1. The van der Waals surface area contributed by atoms with Crippen LogP contribution in [0.3, 0.4) is 0 Å². The third-order valence-corrected chi connectivity index (χ3v) is 6.06. The quantitative estimate of drug-likeness (QED) is 0.250. The summed E-state index contributed by atoms with van der Waals surface area (Å²) < 4.78 is 54.2. The molecule has 0 heterocycles. The first kappa shape index (κ1) is 23.9. The zero-order chi connectivity index (χ0) is 23.1. The number of alkyl halides is 4. The minimum Gasteiger partial charge on any atom is -0.452 e. The Morgan fingerprint density at radius 1 is 1.03 bits per heavy atom. The van der Waals surface area contributed by atoms with Crippen LogP contribution in [0.25, 0.3) is 0 Å². The average Bonchev–Trinajstić information content (AvgIpc) is 2.79. The highest BCUT2D eigenvalue weighted by Crippen LogP contribution is 2.36. The second-order valence-electron chi connectivity index (χ2n) is 8.23. The smallest absolute Gasteiger partial charge is 0.452 e. The van der Waals surface area contributed by atoms with E-state index in [9.17, 15) is 17.6 Å². The molecule has 32 heavy (non-hydrogen) atoms. The molecule has 1 nitrogen and oxygen atoms in total. The van der Waals surface area contributed by atoms with Gasteiger partial charge in [-0.2, -0.15) is 17.6 Å². The van der Waals surface area contributed by atoms with Crippen molar-refractivity contribution in [1.82, 2.24) is 0 Å². The van der Waals surface area contributed by atoms with E-state index < -0.39 is 12.5 Å². The second-order valence-corrected chi connectivity index (χ2v) is 8.23. The first-order valence-electron chi connectivity index (χ1n) is 11.0. The molecule has 5 heteroatoms. The van der Waals surface area contributed by atoms with Crippen LogP contribution in [-0.4, -0.2) is 12.5 Å². The van der Waals surface area contributed by atoms with E-state index in [1.54, 1.807) is 12.1 Å². The number of hydrogen-bond donors (Lipinski definition) is 0. The van der Waals surface area contributed by atoms with Crippen molar-refractivity contribution in [3.8, 4) is 17.6 Å². The Morgan fingerprint density at radius 2 is 1.66 bits per heavy atom. The fourth-order valence-corrected chi connectivity index (χ4v) is 4.11. The summed E-state index contributed by atoms with van der Waals surface area (Å²) in [6, 6.07) is 14.6. The van der Waals surface area contributed by atoms with Crippen LogP contribution in [0.1, 0.15) is 67.6 Å². The van der Waals surface area contributed by atoms with E-state index in [1.165, 1.54) is 17.7 Å². The highest BCUT2D eigenvalue weighted by Gasteiger charge is 2.42. The highest BCUT2D eigenvalue weighted by atomic mass is 19.4. The maximum Gasteiger partial charge on any atom is 0.457 e. The van der Waals surface area contributed by atoms with E-state index >= 15 is 0 Å². The van der Waals surface area contributed by atoms with Crippen LogP contribution in [0, 0.1) is 17.8 Å². The van der Waals surface area contributed by atoms with Gasteiger partial charge in [-0.15, -0.1) is 6.58 Å². The summed E-state index contributed by atoms with van der Waals surface area (Å²) in [5.74, 6) is 7.60. The van der Waals surface area contributed by atoms with Gasteiger partial charge in [-0.3, -0.25) is 0 Å². The molecule has 1 aliphatic rings. The lowest BCUT2D eigenvalue weighted by atomic mass is 9.79. The van der Waals surface area contributed by atoms with Gasteiger partial charge in [0.2, 0.25) is 0 Å². The molecule has 0 saturated heterocycles. The largest absolute Gasteiger partial charge is 0.457 e. The summed E-state index contributed by atoms with van der Waals surface area (Å²) in [6.07, 6.45) is -1.46. The number of rotatable bonds is 6. The first-order valence-corrected chi connectivity index (χ1v) is 11.0. The lowest BCUT2D eigenvalue weighted by Gasteiger charge is -2.26. The van der Waals surface area contributed by atoms with Gasteiger partial charge in [0.15, 0.2) is 0 Å². The molecule has 1 saturated carbocycles. The van der Waals surface area contributed by atoms with E-state index in [1.807, 2.05) is 6.08 Å². The predicted molar refractivity (Wildman–Crippen MR) is 119 cm³/mol. The van der Waals surface area contributed by atoms with E-state index in [4.69, 9.17) is 0 Å². The van der Waals surface area contributed by atoms with Gasteiger partial charge in [-0.1, -0.05) is 49.1 Å². The third kappa shape index (κ3) is 6.38. The Labute approximate surface area is 187 Å². The van der Waals surface area contributed by atoms with Crippen LogP contribution in [-0.2, 0) is 0 Å². The molecule has 1 aliphatic carbocycles.